The van der Waals surface area contributed by atoms with E-state index in [1.54, 1.807) is 6.92 Å². The molecule has 7 heavy (non-hydrogen) atoms. The van der Waals surface area contributed by atoms with Gasteiger partial charge in [-0.15, -0.1) is 6.42 Å². The standard InChI is InChI=1S/C5H7NO/c1-3-5(2)6-4-7/h1,4-5H,2H3,(H,6,7)/t5-/m0/s1. The molecule has 2 heteroatoms. The highest BCUT2D eigenvalue weighted by molar-refractivity contribution is 5.47. The number of carbonyl (C=O) groups excluding carboxylic acids is 1. The molecule has 0 rings (SSSR count). The van der Waals surface area contributed by atoms with E-state index in [0.717, 1.165) is 0 Å². The molecule has 1 atom stereocenters. The second kappa shape index (κ2) is 3.23. The monoisotopic (exact) mass is 97.1 g/mol. The van der Waals surface area contributed by atoms with Crippen molar-refractivity contribution in [3.63, 3.8) is 0 Å². The average Bonchev–Trinajstić information content (AvgIpc) is 1.68. The van der Waals surface area contributed by atoms with Crippen LogP contribution in [-0.2, 0) is 4.79 Å². The summed E-state index contributed by atoms with van der Waals surface area (Å²) in [5, 5.41) is 2.38. The van der Waals surface area contributed by atoms with Crippen molar-refractivity contribution in [2.24, 2.45) is 0 Å². The van der Waals surface area contributed by atoms with E-state index in [2.05, 4.69) is 11.2 Å². The quantitative estimate of drug-likeness (QED) is 0.374. The van der Waals surface area contributed by atoms with Crippen LogP contribution in [-0.4, -0.2) is 12.5 Å². The zero-order valence-electron chi connectivity index (χ0n) is 4.14. The summed E-state index contributed by atoms with van der Waals surface area (Å²) < 4.78 is 0. The van der Waals surface area contributed by atoms with E-state index in [9.17, 15) is 4.79 Å². The van der Waals surface area contributed by atoms with Crippen LogP contribution in [0.15, 0.2) is 0 Å². The molecule has 0 radical (unpaired) electrons. The van der Waals surface area contributed by atoms with Gasteiger partial charge in [-0.1, -0.05) is 5.92 Å². The third kappa shape index (κ3) is 2.84. The van der Waals surface area contributed by atoms with Crippen LogP contribution in [0.4, 0.5) is 0 Å². The van der Waals surface area contributed by atoms with Crippen LogP contribution in [0.5, 0.6) is 0 Å². The highest BCUT2D eigenvalue weighted by Gasteiger charge is 1.86. The van der Waals surface area contributed by atoms with Crippen LogP contribution >= 0.6 is 0 Å². The maximum absolute atomic E-state index is 9.57. The number of nitrogens with one attached hydrogen (secondary N) is 1. The highest BCUT2D eigenvalue weighted by Crippen LogP contribution is 1.68. The average molecular weight is 97.1 g/mol. The van der Waals surface area contributed by atoms with Gasteiger partial charge in [0.1, 0.15) is 0 Å². The molecular formula is C5H7NO. The van der Waals surface area contributed by atoms with Crippen LogP contribution in [0, 0.1) is 12.3 Å². The summed E-state index contributed by atoms with van der Waals surface area (Å²) in [4.78, 5) is 9.57. The SMILES string of the molecule is C#C[C@H](C)NC=O. The Morgan fingerprint density at radius 2 is 2.57 bits per heavy atom. The maximum Gasteiger partial charge on any atom is 0.208 e. The lowest BCUT2D eigenvalue weighted by Gasteiger charge is -1.95. The number of rotatable bonds is 2. The Balaban J connectivity index is 3.21. The van der Waals surface area contributed by atoms with Gasteiger partial charge >= 0.3 is 0 Å². The summed E-state index contributed by atoms with van der Waals surface area (Å²) in [6, 6.07) is -0.141. The van der Waals surface area contributed by atoms with Gasteiger partial charge in [-0.2, -0.15) is 0 Å². The predicted octanol–water partition coefficient (Wildman–Crippen LogP) is -0.246. The lowest BCUT2D eigenvalue weighted by atomic mass is 10.4. The second-order valence-electron chi connectivity index (χ2n) is 1.17. The van der Waals surface area contributed by atoms with E-state index < -0.39 is 0 Å². The molecule has 0 saturated heterocycles. The van der Waals surface area contributed by atoms with E-state index in [0.29, 0.717) is 6.41 Å². The summed E-state index contributed by atoms with van der Waals surface area (Å²) in [7, 11) is 0. The minimum atomic E-state index is -0.141. The third-order valence-electron chi connectivity index (χ3n) is 0.568. The fourth-order valence-electron chi connectivity index (χ4n) is 0.150. The molecule has 0 spiro atoms. The van der Waals surface area contributed by atoms with Gasteiger partial charge in [-0.05, 0) is 6.92 Å². The molecule has 1 N–H and O–H groups in total. The lowest BCUT2D eigenvalue weighted by Crippen LogP contribution is -2.21. The Morgan fingerprint density at radius 3 is 2.71 bits per heavy atom. The molecule has 0 aromatic carbocycles. The zero-order chi connectivity index (χ0) is 5.70. The van der Waals surface area contributed by atoms with E-state index in [1.807, 2.05) is 0 Å². The van der Waals surface area contributed by atoms with Gasteiger partial charge in [0, 0.05) is 0 Å². The predicted molar refractivity (Wildman–Crippen MR) is 27.5 cm³/mol. The number of hydrogen-bond donors (Lipinski definition) is 1. The topological polar surface area (TPSA) is 29.1 Å². The number of terminal acetylenes is 1. The number of amides is 1. The zero-order valence-corrected chi connectivity index (χ0v) is 4.14. The van der Waals surface area contributed by atoms with Crippen LogP contribution in [0.2, 0.25) is 0 Å². The Hall–Kier alpha value is -0.970. The Bertz CT molecular complexity index is 92.7. The van der Waals surface area contributed by atoms with E-state index in [1.165, 1.54) is 0 Å². The van der Waals surface area contributed by atoms with Crippen LogP contribution in [0.1, 0.15) is 6.92 Å². The molecule has 0 heterocycles. The molecular weight excluding hydrogens is 90.1 g/mol. The van der Waals surface area contributed by atoms with Crippen molar-refractivity contribution in [2.75, 3.05) is 0 Å². The Morgan fingerprint density at radius 1 is 2.00 bits per heavy atom. The Kier molecular flexibility index (Phi) is 2.78. The summed E-state index contributed by atoms with van der Waals surface area (Å²) in [6.07, 6.45) is 5.47. The van der Waals surface area contributed by atoms with Crippen LogP contribution in [0.3, 0.4) is 0 Å². The second-order valence-corrected chi connectivity index (χ2v) is 1.17. The molecule has 0 aliphatic carbocycles. The highest BCUT2D eigenvalue weighted by atomic mass is 16.1. The fourth-order valence-corrected chi connectivity index (χ4v) is 0.150. The van der Waals surface area contributed by atoms with Crippen molar-refractivity contribution in [3.05, 3.63) is 0 Å². The van der Waals surface area contributed by atoms with Crippen LogP contribution in [0.25, 0.3) is 0 Å². The van der Waals surface area contributed by atoms with Gasteiger partial charge in [-0.3, -0.25) is 4.79 Å². The summed E-state index contributed by atoms with van der Waals surface area (Å²) >= 11 is 0. The molecule has 1 amide bonds. The van der Waals surface area contributed by atoms with E-state index >= 15 is 0 Å². The lowest BCUT2D eigenvalue weighted by molar-refractivity contribution is -0.109. The molecule has 0 aliphatic heterocycles. The van der Waals surface area contributed by atoms with Crippen molar-refractivity contribution in [2.45, 2.75) is 13.0 Å². The molecule has 0 aliphatic rings. The molecule has 38 valence electrons. The number of carbonyl (C=O) groups is 1. The van der Waals surface area contributed by atoms with Gasteiger partial charge in [0.25, 0.3) is 0 Å². The summed E-state index contributed by atoms with van der Waals surface area (Å²) in [5.41, 5.74) is 0. The van der Waals surface area contributed by atoms with Gasteiger partial charge in [0.05, 0.1) is 6.04 Å². The van der Waals surface area contributed by atoms with Gasteiger partial charge in [-0.25, -0.2) is 0 Å². The molecule has 0 aromatic heterocycles. The molecule has 0 bridgehead atoms. The largest absolute Gasteiger partial charge is 0.345 e. The van der Waals surface area contributed by atoms with Crippen molar-refractivity contribution in [1.29, 1.82) is 0 Å². The van der Waals surface area contributed by atoms with E-state index in [4.69, 9.17) is 6.42 Å². The van der Waals surface area contributed by atoms with Crippen LogP contribution < -0.4 is 5.32 Å². The van der Waals surface area contributed by atoms with Crippen molar-refractivity contribution in [3.8, 4) is 12.3 Å². The minimum Gasteiger partial charge on any atom is -0.345 e. The minimum absolute atomic E-state index is 0.141. The van der Waals surface area contributed by atoms with Crippen molar-refractivity contribution >= 4 is 6.41 Å². The van der Waals surface area contributed by atoms with E-state index in [-0.39, 0.29) is 6.04 Å². The van der Waals surface area contributed by atoms with Gasteiger partial charge < -0.3 is 5.32 Å². The first-order valence-electron chi connectivity index (χ1n) is 1.97. The smallest absolute Gasteiger partial charge is 0.208 e. The molecule has 2 nitrogen and oxygen atoms in total. The summed E-state index contributed by atoms with van der Waals surface area (Å²) in [5.74, 6) is 2.32. The van der Waals surface area contributed by atoms with Gasteiger partial charge in [0.2, 0.25) is 6.41 Å². The number of hydrogen-bond acceptors (Lipinski definition) is 1. The van der Waals surface area contributed by atoms with Gasteiger partial charge in [0.15, 0.2) is 0 Å². The molecule has 0 fully saturated rings. The third-order valence-corrected chi connectivity index (χ3v) is 0.568. The van der Waals surface area contributed by atoms with Crippen molar-refractivity contribution < 1.29 is 4.79 Å². The van der Waals surface area contributed by atoms with Crippen molar-refractivity contribution in [1.82, 2.24) is 5.32 Å². The maximum atomic E-state index is 9.57. The molecule has 0 aromatic rings. The normalized spacial score (nSPS) is 11.4. The Labute approximate surface area is 42.9 Å². The first-order valence-corrected chi connectivity index (χ1v) is 1.97. The first-order chi connectivity index (χ1) is 3.31. The molecule has 0 unspecified atom stereocenters. The first kappa shape index (κ1) is 6.03. The summed E-state index contributed by atoms with van der Waals surface area (Å²) in [6.45, 7) is 1.73. The fraction of sp³-hybridized carbons (Fsp3) is 0.400. The molecule has 0 saturated carbocycles.